The molecule has 0 spiro atoms. The summed E-state index contributed by atoms with van der Waals surface area (Å²) in [6.07, 6.45) is 20.4. The van der Waals surface area contributed by atoms with E-state index in [2.05, 4.69) is 17.8 Å². The highest BCUT2D eigenvalue weighted by molar-refractivity contribution is 5.38. The van der Waals surface area contributed by atoms with Crippen LogP contribution in [0.25, 0.3) is 0 Å². The molecule has 0 aromatic heterocycles. The van der Waals surface area contributed by atoms with Crippen LogP contribution in [0.15, 0.2) is 12.2 Å². The monoisotopic (exact) mass is 327 g/mol. The maximum Gasteiger partial charge on any atom is 0.293 e. The smallest absolute Gasteiger partial charge is 0.293 e. The van der Waals surface area contributed by atoms with Crippen LogP contribution in [0.5, 0.6) is 0 Å². The molecule has 4 heteroatoms. The van der Waals surface area contributed by atoms with Gasteiger partial charge < -0.3 is 9.57 Å². The predicted molar refractivity (Wildman–Crippen MR) is 95.9 cm³/mol. The standard InChI is InChI=1S/C19H37NO3/c1-2-3-4-5-6-7-8-9-10-11-12-13-14-15-19(22-18-21)16-17-23-20/h14-15,18-19H,2-13,16-17,20H2,1H3/b15-14+. The summed E-state index contributed by atoms with van der Waals surface area (Å²) in [4.78, 5) is 14.9. The van der Waals surface area contributed by atoms with Gasteiger partial charge in [-0.05, 0) is 18.9 Å². The van der Waals surface area contributed by atoms with Gasteiger partial charge in [0.25, 0.3) is 6.47 Å². The number of carbonyl (C=O) groups is 1. The van der Waals surface area contributed by atoms with Crippen molar-refractivity contribution in [2.75, 3.05) is 6.61 Å². The van der Waals surface area contributed by atoms with Gasteiger partial charge in [-0.15, -0.1) is 0 Å². The zero-order valence-electron chi connectivity index (χ0n) is 15.0. The second-order valence-corrected chi connectivity index (χ2v) is 6.18. The summed E-state index contributed by atoms with van der Waals surface area (Å²) in [5.74, 6) is 4.98. The lowest BCUT2D eigenvalue weighted by atomic mass is 10.1. The SMILES string of the molecule is CCCCCCCCCCCCC/C=C/C(CCON)OC=O. The fourth-order valence-electron chi connectivity index (χ4n) is 2.64. The lowest BCUT2D eigenvalue weighted by Gasteiger charge is -2.09. The van der Waals surface area contributed by atoms with Crippen molar-refractivity contribution in [2.24, 2.45) is 5.90 Å². The van der Waals surface area contributed by atoms with Gasteiger partial charge in [0.15, 0.2) is 0 Å². The average molecular weight is 328 g/mol. The number of ether oxygens (including phenoxy) is 1. The molecular formula is C19H37NO3. The molecule has 0 aliphatic carbocycles. The van der Waals surface area contributed by atoms with Gasteiger partial charge in [-0.25, -0.2) is 5.90 Å². The molecule has 0 amide bonds. The molecule has 1 atom stereocenters. The molecule has 0 aromatic carbocycles. The molecular weight excluding hydrogens is 290 g/mol. The van der Waals surface area contributed by atoms with Crippen molar-refractivity contribution in [3.05, 3.63) is 12.2 Å². The van der Waals surface area contributed by atoms with Crippen molar-refractivity contribution in [3.8, 4) is 0 Å². The predicted octanol–water partition coefficient (Wildman–Crippen LogP) is 5.07. The van der Waals surface area contributed by atoms with Crippen molar-refractivity contribution in [3.63, 3.8) is 0 Å². The van der Waals surface area contributed by atoms with E-state index >= 15 is 0 Å². The van der Waals surface area contributed by atoms with E-state index in [1.165, 1.54) is 70.6 Å². The highest BCUT2D eigenvalue weighted by Gasteiger charge is 2.03. The summed E-state index contributed by atoms with van der Waals surface area (Å²) in [5, 5.41) is 0. The van der Waals surface area contributed by atoms with Gasteiger partial charge in [0.05, 0.1) is 6.61 Å². The summed E-state index contributed by atoms with van der Waals surface area (Å²) in [6.45, 7) is 3.13. The Kier molecular flexibility index (Phi) is 18.5. The quantitative estimate of drug-likeness (QED) is 0.165. The van der Waals surface area contributed by atoms with Crippen molar-refractivity contribution in [2.45, 2.75) is 96.5 Å². The van der Waals surface area contributed by atoms with Crippen LogP contribution in [0.2, 0.25) is 0 Å². The van der Waals surface area contributed by atoms with Crippen molar-refractivity contribution in [1.29, 1.82) is 0 Å². The number of nitrogens with two attached hydrogens (primary N) is 1. The van der Waals surface area contributed by atoms with Gasteiger partial charge in [-0.1, -0.05) is 77.2 Å². The summed E-state index contributed by atoms with van der Waals surface area (Å²) < 4.78 is 4.95. The molecule has 2 N–H and O–H groups in total. The number of carbonyl (C=O) groups excluding carboxylic acids is 1. The third-order valence-electron chi connectivity index (χ3n) is 4.08. The molecule has 0 saturated heterocycles. The second kappa shape index (κ2) is 19.2. The molecule has 136 valence electrons. The fraction of sp³-hybridized carbons (Fsp3) is 0.842. The van der Waals surface area contributed by atoms with E-state index in [4.69, 9.17) is 10.6 Å². The molecule has 0 rings (SSSR count). The van der Waals surface area contributed by atoms with Crippen molar-refractivity contribution >= 4 is 6.47 Å². The van der Waals surface area contributed by atoms with Gasteiger partial charge in [-0.2, -0.15) is 0 Å². The summed E-state index contributed by atoms with van der Waals surface area (Å²) in [5.41, 5.74) is 0. The van der Waals surface area contributed by atoms with Crippen molar-refractivity contribution in [1.82, 2.24) is 0 Å². The Hall–Kier alpha value is -0.870. The molecule has 0 aromatic rings. The second-order valence-electron chi connectivity index (χ2n) is 6.18. The number of unbranched alkanes of at least 4 members (excludes halogenated alkanes) is 11. The van der Waals surface area contributed by atoms with Crippen LogP contribution in [-0.4, -0.2) is 19.2 Å². The molecule has 0 saturated carbocycles. The van der Waals surface area contributed by atoms with Gasteiger partial charge in [-0.3, -0.25) is 4.79 Å². The van der Waals surface area contributed by atoms with Crippen LogP contribution in [0.4, 0.5) is 0 Å². The van der Waals surface area contributed by atoms with Gasteiger partial charge in [0, 0.05) is 6.42 Å². The van der Waals surface area contributed by atoms with E-state index in [1.807, 2.05) is 6.08 Å². The Morgan fingerprint density at radius 1 is 0.913 bits per heavy atom. The first kappa shape index (κ1) is 22.1. The molecule has 0 aliphatic rings. The number of hydrogen-bond acceptors (Lipinski definition) is 4. The molecule has 0 radical (unpaired) electrons. The van der Waals surface area contributed by atoms with Crippen LogP contribution in [0, 0.1) is 0 Å². The van der Waals surface area contributed by atoms with Gasteiger partial charge >= 0.3 is 0 Å². The molecule has 0 aliphatic heterocycles. The van der Waals surface area contributed by atoms with Crippen LogP contribution in [0.1, 0.15) is 90.4 Å². The summed E-state index contributed by atoms with van der Waals surface area (Å²) >= 11 is 0. The van der Waals surface area contributed by atoms with E-state index in [-0.39, 0.29) is 6.10 Å². The highest BCUT2D eigenvalue weighted by atomic mass is 16.6. The Morgan fingerprint density at radius 2 is 1.48 bits per heavy atom. The minimum atomic E-state index is -0.219. The normalized spacial score (nSPS) is 12.6. The number of allylic oxidation sites excluding steroid dienone is 1. The van der Waals surface area contributed by atoms with Crippen molar-refractivity contribution < 1.29 is 14.4 Å². The van der Waals surface area contributed by atoms with E-state index in [0.717, 1.165) is 6.42 Å². The van der Waals surface area contributed by atoms with Crippen LogP contribution < -0.4 is 5.90 Å². The van der Waals surface area contributed by atoms with Gasteiger partial charge in [0.2, 0.25) is 0 Å². The Bertz CT molecular complexity index is 269. The van der Waals surface area contributed by atoms with E-state index < -0.39 is 0 Å². The summed E-state index contributed by atoms with van der Waals surface area (Å²) in [6, 6.07) is 0. The fourth-order valence-corrected chi connectivity index (χ4v) is 2.64. The largest absolute Gasteiger partial charge is 0.460 e. The lowest BCUT2D eigenvalue weighted by Crippen LogP contribution is -2.14. The molecule has 1 unspecified atom stereocenters. The van der Waals surface area contributed by atoms with Crippen LogP contribution in [-0.2, 0) is 14.4 Å². The summed E-state index contributed by atoms with van der Waals surface area (Å²) in [7, 11) is 0. The number of rotatable bonds is 18. The van der Waals surface area contributed by atoms with E-state index in [0.29, 0.717) is 19.5 Å². The average Bonchev–Trinajstić information content (AvgIpc) is 2.56. The minimum Gasteiger partial charge on any atom is -0.460 e. The Morgan fingerprint density at radius 3 is 2.00 bits per heavy atom. The first-order valence-corrected chi connectivity index (χ1v) is 9.42. The first-order chi connectivity index (χ1) is 11.3. The van der Waals surface area contributed by atoms with E-state index in [1.54, 1.807) is 0 Å². The zero-order valence-corrected chi connectivity index (χ0v) is 15.0. The lowest BCUT2D eigenvalue weighted by molar-refractivity contribution is -0.132. The number of hydrogen-bond donors (Lipinski definition) is 1. The Balaban J connectivity index is 3.36. The molecule has 4 nitrogen and oxygen atoms in total. The molecule has 23 heavy (non-hydrogen) atoms. The third kappa shape index (κ3) is 17.3. The first-order valence-electron chi connectivity index (χ1n) is 9.42. The van der Waals surface area contributed by atoms with Crippen LogP contribution in [0.3, 0.4) is 0 Å². The highest BCUT2D eigenvalue weighted by Crippen LogP contribution is 2.12. The molecule has 0 bridgehead atoms. The maximum absolute atomic E-state index is 10.4. The zero-order chi connectivity index (χ0) is 17.0. The van der Waals surface area contributed by atoms with E-state index in [9.17, 15) is 4.79 Å². The minimum absolute atomic E-state index is 0.219. The molecule has 0 fully saturated rings. The molecule has 0 heterocycles. The topological polar surface area (TPSA) is 61.6 Å². The third-order valence-corrected chi connectivity index (χ3v) is 4.08. The van der Waals surface area contributed by atoms with Gasteiger partial charge in [0.1, 0.15) is 6.10 Å². The van der Waals surface area contributed by atoms with Crippen LogP contribution >= 0.6 is 0 Å². The Labute approximate surface area is 142 Å². The maximum atomic E-state index is 10.4.